The predicted octanol–water partition coefficient (Wildman–Crippen LogP) is 2.70. The molecule has 0 aliphatic heterocycles. The molecule has 2 N–H and O–H groups in total. The summed E-state index contributed by atoms with van der Waals surface area (Å²) in [5, 5.41) is 1.18. The Hall–Kier alpha value is -1.57. The normalized spacial score (nSPS) is 15.2. The van der Waals surface area contributed by atoms with E-state index in [1.54, 1.807) is 6.20 Å². The molecule has 0 radical (unpaired) electrons. The summed E-state index contributed by atoms with van der Waals surface area (Å²) in [6.07, 6.45) is 6.77. The number of aromatic nitrogens is 1. The van der Waals surface area contributed by atoms with Gasteiger partial charge in [-0.1, -0.05) is 0 Å². The minimum absolute atomic E-state index is 0.748. The summed E-state index contributed by atoms with van der Waals surface area (Å²) in [7, 11) is 0. The Balaban J connectivity index is 2.26. The van der Waals surface area contributed by atoms with Crippen LogP contribution < -0.4 is 5.73 Å². The van der Waals surface area contributed by atoms with Gasteiger partial charge in [-0.2, -0.15) is 0 Å². The van der Waals surface area contributed by atoms with Crippen LogP contribution in [0.15, 0.2) is 24.4 Å². The van der Waals surface area contributed by atoms with E-state index < -0.39 is 0 Å². The highest BCUT2D eigenvalue weighted by Gasteiger charge is 2.10. The summed E-state index contributed by atoms with van der Waals surface area (Å²) in [5.41, 5.74) is 10.5. The van der Waals surface area contributed by atoms with Crippen LogP contribution in [0.2, 0.25) is 0 Å². The lowest BCUT2D eigenvalue weighted by Gasteiger charge is -2.16. The van der Waals surface area contributed by atoms with Crippen LogP contribution in [0.1, 0.15) is 24.0 Å². The molecule has 0 bridgehead atoms. The van der Waals surface area contributed by atoms with Crippen molar-refractivity contribution >= 4 is 16.6 Å². The molecule has 76 valence electrons. The summed E-state index contributed by atoms with van der Waals surface area (Å²) in [5.74, 6) is 0. The number of fused-ring (bicyclic) bond motifs is 2. The van der Waals surface area contributed by atoms with Crippen LogP contribution >= 0.6 is 0 Å². The molecule has 1 aromatic carbocycles. The zero-order valence-electron chi connectivity index (χ0n) is 8.66. The van der Waals surface area contributed by atoms with Gasteiger partial charge < -0.3 is 5.73 Å². The van der Waals surface area contributed by atoms with Gasteiger partial charge in [0.05, 0.1) is 17.4 Å². The molecular weight excluding hydrogens is 184 g/mol. The van der Waals surface area contributed by atoms with Crippen molar-refractivity contribution in [1.29, 1.82) is 0 Å². The van der Waals surface area contributed by atoms with Crippen molar-refractivity contribution in [3.63, 3.8) is 0 Å². The molecule has 1 aliphatic rings. The minimum Gasteiger partial charge on any atom is -0.397 e. The van der Waals surface area contributed by atoms with Crippen LogP contribution in [0.25, 0.3) is 10.9 Å². The van der Waals surface area contributed by atoms with Gasteiger partial charge in [0, 0.05) is 5.39 Å². The van der Waals surface area contributed by atoms with E-state index in [1.807, 2.05) is 6.07 Å². The quantitative estimate of drug-likeness (QED) is 0.706. The first-order chi connectivity index (χ1) is 7.33. The number of nitrogens with zero attached hydrogens (tertiary/aromatic N) is 1. The van der Waals surface area contributed by atoms with E-state index in [-0.39, 0.29) is 0 Å². The number of benzene rings is 1. The molecule has 0 saturated heterocycles. The molecular formula is C13H14N2. The number of rotatable bonds is 0. The first-order valence-electron chi connectivity index (χ1n) is 5.50. The zero-order valence-corrected chi connectivity index (χ0v) is 8.66. The molecule has 1 aliphatic carbocycles. The van der Waals surface area contributed by atoms with Crippen LogP contribution in [0, 0.1) is 0 Å². The van der Waals surface area contributed by atoms with Crippen LogP contribution in [0.4, 0.5) is 5.69 Å². The Morgan fingerprint density at radius 1 is 1.00 bits per heavy atom. The average molecular weight is 198 g/mol. The average Bonchev–Trinajstić information content (AvgIpc) is 2.26. The fourth-order valence-electron chi connectivity index (χ4n) is 2.38. The van der Waals surface area contributed by atoms with E-state index in [2.05, 4.69) is 17.1 Å². The number of pyridine rings is 1. The van der Waals surface area contributed by atoms with E-state index in [0.717, 1.165) is 11.2 Å². The molecule has 1 aromatic heterocycles. The van der Waals surface area contributed by atoms with Gasteiger partial charge in [-0.25, -0.2) is 0 Å². The molecule has 0 unspecified atom stereocenters. The Kier molecular flexibility index (Phi) is 1.88. The van der Waals surface area contributed by atoms with Crippen LogP contribution in [0.3, 0.4) is 0 Å². The molecule has 2 heteroatoms. The van der Waals surface area contributed by atoms with E-state index in [0.29, 0.717) is 0 Å². The lowest BCUT2D eigenvalue weighted by Crippen LogP contribution is -2.02. The fourth-order valence-corrected chi connectivity index (χ4v) is 2.38. The summed E-state index contributed by atoms with van der Waals surface area (Å²) in [6.45, 7) is 0. The fraction of sp³-hybridized carbons (Fsp3) is 0.308. The van der Waals surface area contributed by atoms with E-state index in [9.17, 15) is 0 Å². The molecule has 0 amide bonds. The summed E-state index contributed by atoms with van der Waals surface area (Å²) >= 11 is 0. The standard InChI is InChI=1S/C13H14N2/c14-12-6-11-5-9-3-1-2-4-10(9)7-13(11)15-8-12/h5-8H,1-4,14H2. The van der Waals surface area contributed by atoms with Gasteiger partial charge in [0.2, 0.25) is 0 Å². The topological polar surface area (TPSA) is 38.9 Å². The number of hydrogen-bond donors (Lipinski definition) is 1. The molecule has 1 heterocycles. The van der Waals surface area contributed by atoms with Crippen molar-refractivity contribution < 1.29 is 0 Å². The van der Waals surface area contributed by atoms with Gasteiger partial charge in [0.15, 0.2) is 0 Å². The molecule has 2 aromatic rings. The first kappa shape index (κ1) is 8.72. The molecule has 0 saturated carbocycles. The van der Waals surface area contributed by atoms with E-state index in [4.69, 9.17) is 5.73 Å². The van der Waals surface area contributed by atoms with Gasteiger partial charge in [0.1, 0.15) is 0 Å². The Labute approximate surface area is 89.1 Å². The van der Waals surface area contributed by atoms with Crippen molar-refractivity contribution in [1.82, 2.24) is 4.98 Å². The Morgan fingerprint density at radius 2 is 1.73 bits per heavy atom. The molecule has 0 fully saturated rings. The zero-order chi connectivity index (χ0) is 10.3. The highest BCUT2D eigenvalue weighted by Crippen LogP contribution is 2.26. The number of nitrogens with two attached hydrogens (primary N) is 1. The summed E-state index contributed by atoms with van der Waals surface area (Å²) < 4.78 is 0. The van der Waals surface area contributed by atoms with Crippen molar-refractivity contribution in [3.8, 4) is 0 Å². The van der Waals surface area contributed by atoms with Gasteiger partial charge >= 0.3 is 0 Å². The maximum Gasteiger partial charge on any atom is 0.0706 e. The van der Waals surface area contributed by atoms with Crippen LogP contribution in [-0.4, -0.2) is 4.98 Å². The minimum atomic E-state index is 0.748. The third-order valence-corrected chi connectivity index (χ3v) is 3.17. The highest BCUT2D eigenvalue weighted by molar-refractivity contribution is 5.82. The Morgan fingerprint density at radius 3 is 2.53 bits per heavy atom. The third-order valence-electron chi connectivity index (χ3n) is 3.17. The smallest absolute Gasteiger partial charge is 0.0706 e. The van der Waals surface area contributed by atoms with E-state index >= 15 is 0 Å². The first-order valence-corrected chi connectivity index (χ1v) is 5.50. The van der Waals surface area contributed by atoms with Crippen LogP contribution in [0.5, 0.6) is 0 Å². The van der Waals surface area contributed by atoms with Crippen molar-refractivity contribution in [2.75, 3.05) is 5.73 Å². The molecule has 0 atom stereocenters. The lowest BCUT2D eigenvalue weighted by atomic mass is 9.90. The second kappa shape index (κ2) is 3.23. The second-order valence-electron chi connectivity index (χ2n) is 4.29. The Bertz CT molecular complexity index is 517. The third kappa shape index (κ3) is 1.46. The van der Waals surface area contributed by atoms with E-state index in [1.165, 1.54) is 42.2 Å². The van der Waals surface area contributed by atoms with Gasteiger partial charge in [-0.3, -0.25) is 4.98 Å². The SMILES string of the molecule is Nc1cnc2cc3c(cc2c1)CCCC3. The largest absolute Gasteiger partial charge is 0.397 e. The number of hydrogen-bond acceptors (Lipinski definition) is 2. The maximum atomic E-state index is 5.74. The second-order valence-corrected chi connectivity index (χ2v) is 4.29. The van der Waals surface area contributed by atoms with Crippen molar-refractivity contribution in [3.05, 3.63) is 35.5 Å². The molecule has 0 spiro atoms. The summed E-state index contributed by atoms with van der Waals surface area (Å²) in [6, 6.07) is 6.49. The van der Waals surface area contributed by atoms with Gasteiger partial charge in [0.25, 0.3) is 0 Å². The highest BCUT2D eigenvalue weighted by atomic mass is 14.7. The number of aryl methyl sites for hydroxylation is 2. The predicted molar refractivity (Wildman–Crippen MR) is 62.8 cm³/mol. The van der Waals surface area contributed by atoms with Gasteiger partial charge in [-0.15, -0.1) is 0 Å². The summed E-state index contributed by atoms with van der Waals surface area (Å²) in [4.78, 5) is 4.36. The molecule has 2 nitrogen and oxygen atoms in total. The lowest BCUT2D eigenvalue weighted by molar-refractivity contribution is 0.687. The monoisotopic (exact) mass is 198 g/mol. The van der Waals surface area contributed by atoms with Gasteiger partial charge in [-0.05, 0) is 55.0 Å². The number of nitrogen functional groups attached to an aromatic ring is 1. The van der Waals surface area contributed by atoms with Crippen molar-refractivity contribution in [2.45, 2.75) is 25.7 Å². The van der Waals surface area contributed by atoms with Crippen molar-refractivity contribution in [2.24, 2.45) is 0 Å². The number of anilines is 1. The maximum absolute atomic E-state index is 5.74. The molecule has 15 heavy (non-hydrogen) atoms. The molecule has 3 rings (SSSR count). The van der Waals surface area contributed by atoms with Crippen LogP contribution in [-0.2, 0) is 12.8 Å².